The molecule has 43 heavy (non-hydrogen) atoms. The number of carbonyl (C=O) groups excluding carboxylic acids is 2. The van der Waals surface area contributed by atoms with E-state index in [0.717, 1.165) is 43.8 Å². The van der Waals surface area contributed by atoms with Crippen LogP contribution in [0.3, 0.4) is 0 Å². The summed E-state index contributed by atoms with van der Waals surface area (Å²) in [5, 5.41) is 4.52. The Bertz CT molecular complexity index is 1290. The Labute approximate surface area is 267 Å². The molecule has 4 aliphatic rings. The molecule has 3 fully saturated rings. The van der Waals surface area contributed by atoms with Gasteiger partial charge in [-0.1, -0.05) is 81.1 Å². The maximum Gasteiger partial charge on any atom is 0.245 e. The number of likely N-dealkylation sites (tertiary alicyclic amines) is 1. The van der Waals surface area contributed by atoms with E-state index in [1.54, 1.807) is 0 Å². The van der Waals surface area contributed by atoms with Crippen LogP contribution in [0.15, 0.2) is 48.5 Å². The van der Waals surface area contributed by atoms with Crippen LogP contribution in [0, 0.1) is 17.3 Å². The van der Waals surface area contributed by atoms with Crippen molar-refractivity contribution < 1.29 is 9.59 Å². The van der Waals surface area contributed by atoms with Crippen molar-refractivity contribution >= 4 is 35.2 Å². The SMILES string of the molecule is CC(C)SCC1(C2CCCCC2)CCN(C(=O)[C@@H](Cc2ccc(Cl)cc2)NC(=O)C2C3CC(c4ccccc43)C2N)CC1. The number of benzene rings is 2. The molecule has 1 saturated heterocycles. The minimum Gasteiger partial charge on any atom is -0.344 e. The van der Waals surface area contributed by atoms with Gasteiger partial charge in [0.05, 0.1) is 5.92 Å². The molecule has 7 heteroatoms. The van der Waals surface area contributed by atoms with Crippen LogP contribution in [0.1, 0.15) is 93.7 Å². The first-order valence-electron chi connectivity index (χ1n) is 16.6. The van der Waals surface area contributed by atoms with Crippen molar-refractivity contribution in [3.8, 4) is 0 Å². The van der Waals surface area contributed by atoms with E-state index < -0.39 is 6.04 Å². The fourth-order valence-corrected chi connectivity index (χ4v) is 10.0. The third-order valence-corrected chi connectivity index (χ3v) is 12.8. The predicted molar refractivity (Wildman–Crippen MR) is 178 cm³/mol. The van der Waals surface area contributed by atoms with E-state index in [-0.39, 0.29) is 35.6 Å². The van der Waals surface area contributed by atoms with E-state index in [0.29, 0.717) is 22.1 Å². The molecule has 5 atom stereocenters. The lowest BCUT2D eigenvalue weighted by Crippen LogP contribution is -2.56. The van der Waals surface area contributed by atoms with Crippen molar-refractivity contribution in [1.29, 1.82) is 0 Å². The molecule has 2 aromatic rings. The minimum atomic E-state index is -0.623. The summed E-state index contributed by atoms with van der Waals surface area (Å²) in [5.74, 6) is 1.92. The average Bonchev–Trinajstić information content (AvgIpc) is 3.57. The van der Waals surface area contributed by atoms with Crippen molar-refractivity contribution in [2.24, 2.45) is 23.0 Å². The number of carbonyl (C=O) groups is 2. The molecule has 232 valence electrons. The fourth-order valence-electron chi connectivity index (χ4n) is 8.73. The zero-order valence-corrected chi connectivity index (χ0v) is 27.3. The molecule has 5 nitrogen and oxygen atoms in total. The van der Waals surface area contributed by atoms with Crippen molar-refractivity contribution in [2.45, 2.75) is 101 Å². The number of thioether (sulfide) groups is 1. The number of nitrogens with two attached hydrogens (primary N) is 1. The molecule has 1 aliphatic heterocycles. The van der Waals surface area contributed by atoms with Gasteiger partial charge in [-0.05, 0) is 89.2 Å². The molecule has 2 amide bonds. The van der Waals surface area contributed by atoms with E-state index in [1.165, 1.54) is 49.0 Å². The second-order valence-electron chi connectivity index (χ2n) is 14.0. The number of nitrogens with one attached hydrogen (secondary N) is 1. The van der Waals surface area contributed by atoms with Gasteiger partial charge in [0.25, 0.3) is 0 Å². The van der Waals surface area contributed by atoms with Crippen molar-refractivity contribution in [3.05, 3.63) is 70.2 Å². The van der Waals surface area contributed by atoms with E-state index in [4.69, 9.17) is 17.3 Å². The van der Waals surface area contributed by atoms with Gasteiger partial charge in [0.1, 0.15) is 6.04 Å². The van der Waals surface area contributed by atoms with Crippen molar-refractivity contribution in [1.82, 2.24) is 10.2 Å². The minimum absolute atomic E-state index is 0.0363. The molecule has 2 saturated carbocycles. The van der Waals surface area contributed by atoms with Gasteiger partial charge in [-0.2, -0.15) is 11.8 Å². The molecule has 2 aromatic carbocycles. The first-order valence-corrected chi connectivity index (χ1v) is 18.0. The maximum absolute atomic E-state index is 14.3. The van der Waals surface area contributed by atoms with Gasteiger partial charge in [0.2, 0.25) is 11.8 Å². The summed E-state index contributed by atoms with van der Waals surface area (Å²) in [4.78, 5) is 30.3. The highest BCUT2D eigenvalue weighted by atomic mass is 35.5. The molecule has 0 aromatic heterocycles. The number of fused-ring (bicyclic) bond motifs is 5. The van der Waals surface area contributed by atoms with E-state index in [1.807, 2.05) is 29.2 Å². The normalized spacial score (nSPS) is 27.2. The van der Waals surface area contributed by atoms with Gasteiger partial charge in [-0.25, -0.2) is 0 Å². The smallest absolute Gasteiger partial charge is 0.245 e. The lowest BCUT2D eigenvalue weighted by molar-refractivity contribution is -0.140. The summed E-state index contributed by atoms with van der Waals surface area (Å²) in [6.45, 7) is 6.12. The molecular weight excluding hydrogens is 574 g/mol. The summed E-state index contributed by atoms with van der Waals surface area (Å²) in [6.07, 6.45) is 10.2. The van der Waals surface area contributed by atoms with Crippen LogP contribution in [0.2, 0.25) is 5.02 Å². The predicted octanol–water partition coefficient (Wildman–Crippen LogP) is 6.93. The second-order valence-corrected chi connectivity index (χ2v) is 16.0. The monoisotopic (exact) mass is 621 g/mol. The standard InChI is InChI=1S/C36H48ClN3O2S/c1-23(2)43-22-36(25-8-4-3-5-9-25)16-18-40(19-17-36)35(42)31(20-24-12-14-26(37)15-13-24)39-34(41)32-29-21-30(33(32)38)28-11-7-6-10-27(28)29/h6-7,10-15,23,25,29-33H,3-5,8-9,16-22,38H2,1-2H3,(H,39,41)/t29?,30?,31-,32?,33?/m1/s1. The Balaban J connectivity index is 1.18. The van der Waals surface area contributed by atoms with Crippen LogP contribution in [0.4, 0.5) is 0 Å². The summed E-state index contributed by atoms with van der Waals surface area (Å²) in [7, 11) is 0. The highest BCUT2D eigenvalue weighted by molar-refractivity contribution is 7.99. The van der Waals surface area contributed by atoms with Gasteiger partial charge < -0.3 is 16.0 Å². The number of hydrogen-bond donors (Lipinski definition) is 2. The number of rotatable bonds is 9. The molecule has 3 N–H and O–H groups in total. The summed E-state index contributed by atoms with van der Waals surface area (Å²) in [6, 6.07) is 15.2. The van der Waals surface area contributed by atoms with Crippen molar-refractivity contribution in [3.63, 3.8) is 0 Å². The Hall–Kier alpha value is -2.02. The molecule has 1 heterocycles. The number of piperidine rings is 1. The fraction of sp³-hybridized carbons (Fsp3) is 0.611. The average molecular weight is 622 g/mol. The lowest BCUT2D eigenvalue weighted by Gasteiger charge is -2.48. The van der Waals surface area contributed by atoms with Gasteiger partial charge in [0.15, 0.2) is 0 Å². The third-order valence-electron chi connectivity index (χ3n) is 11.1. The quantitative estimate of drug-likeness (QED) is 0.319. The van der Waals surface area contributed by atoms with Gasteiger partial charge in [-0.3, -0.25) is 9.59 Å². The first-order chi connectivity index (χ1) is 20.8. The summed E-state index contributed by atoms with van der Waals surface area (Å²) >= 11 is 8.26. The molecular formula is C36H48ClN3O2S. The zero-order chi connectivity index (χ0) is 30.1. The Kier molecular flexibility index (Phi) is 9.47. The number of hydrogen-bond acceptors (Lipinski definition) is 4. The van der Waals surface area contributed by atoms with Crippen molar-refractivity contribution in [2.75, 3.05) is 18.8 Å². The van der Waals surface area contributed by atoms with Crippen LogP contribution in [-0.4, -0.2) is 52.9 Å². The molecule has 6 rings (SSSR count). The molecule has 4 unspecified atom stereocenters. The largest absolute Gasteiger partial charge is 0.344 e. The van der Waals surface area contributed by atoms with Crippen LogP contribution >= 0.6 is 23.4 Å². The number of nitrogens with zero attached hydrogens (tertiary/aromatic N) is 1. The first kappa shape index (κ1) is 31.0. The van der Waals surface area contributed by atoms with Crippen LogP contribution in [0.5, 0.6) is 0 Å². The van der Waals surface area contributed by atoms with Crippen LogP contribution in [-0.2, 0) is 16.0 Å². The Morgan fingerprint density at radius 1 is 1.00 bits per heavy atom. The molecule has 2 bridgehead atoms. The number of amides is 2. The van der Waals surface area contributed by atoms with Gasteiger partial charge in [0, 0.05) is 36.5 Å². The zero-order valence-electron chi connectivity index (χ0n) is 25.8. The van der Waals surface area contributed by atoms with Gasteiger partial charge >= 0.3 is 0 Å². The Morgan fingerprint density at radius 3 is 2.30 bits per heavy atom. The molecule has 3 aliphatic carbocycles. The van der Waals surface area contributed by atoms with Crippen LogP contribution in [0.25, 0.3) is 0 Å². The van der Waals surface area contributed by atoms with E-state index >= 15 is 0 Å². The molecule has 0 spiro atoms. The number of halogens is 1. The highest BCUT2D eigenvalue weighted by Crippen LogP contribution is 2.55. The second kappa shape index (κ2) is 13.1. The third kappa shape index (κ3) is 6.39. The van der Waals surface area contributed by atoms with Gasteiger partial charge in [-0.15, -0.1) is 0 Å². The maximum atomic E-state index is 14.3. The summed E-state index contributed by atoms with van der Waals surface area (Å²) < 4.78 is 0. The highest BCUT2D eigenvalue weighted by Gasteiger charge is 2.52. The van der Waals surface area contributed by atoms with Crippen LogP contribution < -0.4 is 11.1 Å². The molecule has 0 radical (unpaired) electrons. The summed E-state index contributed by atoms with van der Waals surface area (Å²) in [5.41, 5.74) is 10.6. The Morgan fingerprint density at radius 2 is 1.65 bits per heavy atom. The topological polar surface area (TPSA) is 75.4 Å². The van der Waals surface area contributed by atoms with E-state index in [2.05, 4.69) is 55.2 Å². The lowest BCUT2D eigenvalue weighted by atomic mass is 9.65. The van der Waals surface area contributed by atoms with E-state index in [9.17, 15) is 9.59 Å².